The van der Waals surface area contributed by atoms with Gasteiger partial charge in [-0.15, -0.1) is 0 Å². The first-order valence-electron chi connectivity index (χ1n) is 37.8. The van der Waals surface area contributed by atoms with Crippen molar-refractivity contribution in [2.45, 2.75) is 117 Å². The van der Waals surface area contributed by atoms with Crippen LogP contribution in [0.5, 0.6) is 0 Å². The normalized spacial score (nSPS) is 13.5. The number of nitro groups is 1. The minimum atomic E-state index is -0.841. The van der Waals surface area contributed by atoms with E-state index in [9.17, 15) is 24.5 Å². The Kier molecular flexibility index (Phi) is 30.1. The fraction of sp³-hybridized carbons (Fsp3) is 0.300. The van der Waals surface area contributed by atoms with Gasteiger partial charge in [0.15, 0.2) is 0 Å². The third kappa shape index (κ3) is 22.2. The minimum Gasteiger partial charge on any atom is -0.368 e. The number of carbonyl (C=O) groups excluding carboxylic acids is 9. The van der Waals surface area contributed by atoms with Crippen molar-refractivity contribution in [3.8, 4) is 0 Å². The molecule has 582 valence electrons. The number of primary amides is 1. The summed E-state index contributed by atoms with van der Waals surface area (Å²) in [6.07, 6.45) is 0. The van der Waals surface area contributed by atoms with Crippen molar-refractivity contribution in [1.82, 2.24) is 44.5 Å². The van der Waals surface area contributed by atoms with Crippen LogP contribution >= 0.6 is 0 Å². The number of hydrogen-bond donors (Lipinski definition) is 2. The number of benzene rings is 9. The van der Waals surface area contributed by atoms with Crippen molar-refractivity contribution in [3.63, 3.8) is 0 Å². The molecule has 0 heterocycles. The van der Waals surface area contributed by atoms with Gasteiger partial charge in [-0.3, -0.25) is 53.3 Å². The molecule has 0 aliphatic rings. The van der Waals surface area contributed by atoms with Crippen molar-refractivity contribution in [2.75, 3.05) is 58.9 Å². The van der Waals surface area contributed by atoms with Gasteiger partial charge < -0.3 is 50.2 Å². The lowest BCUT2D eigenvalue weighted by molar-refractivity contribution is -0.384. The van der Waals surface area contributed by atoms with Crippen LogP contribution in [-0.2, 0) is 43.2 Å². The molecule has 0 unspecified atom stereocenters. The average Bonchev–Trinajstić information content (AvgIpc) is 0.805. The van der Waals surface area contributed by atoms with Crippen LogP contribution < -0.4 is 11.1 Å². The lowest BCUT2D eigenvalue weighted by Crippen LogP contribution is -2.53. The Hall–Kier alpha value is -12.4. The van der Waals surface area contributed by atoms with Crippen molar-refractivity contribution in [1.29, 1.82) is 0 Å². The van der Waals surface area contributed by atoms with E-state index in [1.165, 1.54) is 51.3 Å². The van der Waals surface area contributed by atoms with Gasteiger partial charge in [0.05, 0.1) is 66.3 Å². The number of carbonyl (C=O) groups is 9. The first-order valence-corrected chi connectivity index (χ1v) is 37.8. The molecule has 9 atom stereocenters. The van der Waals surface area contributed by atoms with E-state index in [-0.39, 0.29) is 12.2 Å². The van der Waals surface area contributed by atoms with E-state index in [1.54, 1.807) is 60.6 Å². The van der Waals surface area contributed by atoms with Crippen LogP contribution in [0, 0.1) is 10.1 Å². The zero-order chi connectivity index (χ0) is 80.5. The summed E-state index contributed by atoms with van der Waals surface area (Å²) in [4.78, 5) is 160. The molecular weight excluding hydrogens is 1410 g/mol. The van der Waals surface area contributed by atoms with E-state index in [4.69, 9.17) is 5.73 Å². The molecule has 0 radical (unpaired) electrons. The molecule has 0 spiro atoms. The molecule has 22 nitrogen and oxygen atoms in total. The number of amides is 9. The van der Waals surface area contributed by atoms with Gasteiger partial charge in [-0.05, 0) is 112 Å². The molecule has 0 bridgehead atoms. The number of nitro benzene ring substituents is 1. The molecule has 9 rings (SSSR count). The summed E-state index contributed by atoms with van der Waals surface area (Å²) >= 11 is 0. The van der Waals surface area contributed by atoms with E-state index < -0.39 is 165 Å². The third-order valence-electron chi connectivity index (χ3n) is 21.2. The Balaban J connectivity index is 1.06. The molecule has 3 N–H and O–H groups in total. The van der Waals surface area contributed by atoms with Gasteiger partial charge in [0.25, 0.3) is 5.69 Å². The summed E-state index contributed by atoms with van der Waals surface area (Å²) in [5, 5.41) is 14.7. The van der Waals surface area contributed by atoms with Gasteiger partial charge in [0.2, 0.25) is 53.2 Å². The molecule has 0 saturated carbocycles. The highest BCUT2D eigenvalue weighted by Gasteiger charge is 2.39. The maximum absolute atomic E-state index is 16.1. The summed E-state index contributed by atoms with van der Waals surface area (Å²) in [5.74, 6) is -5.57. The fourth-order valence-electron chi connectivity index (χ4n) is 14.0. The van der Waals surface area contributed by atoms with Gasteiger partial charge in [-0.1, -0.05) is 255 Å². The molecule has 9 aromatic carbocycles. The fourth-order valence-corrected chi connectivity index (χ4v) is 14.0. The van der Waals surface area contributed by atoms with E-state index in [1.807, 2.05) is 257 Å². The second-order valence-electron chi connectivity index (χ2n) is 28.3. The molecule has 22 heteroatoms. The molecule has 9 amide bonds. The van der Waals surface area contributed by atoms with Crippen LogP contribution in [0.25, 0.3) is 0 Å². The average molecular weight is 1510 g/mol. The van der Waals surface area contributed by atoms with Crippen molar-refractivity contribution < 1.29 is 48.1 Å². The number of nitrogens with zero attached hydrogens (tertiary/aromatic N) is 9. The van der Waals surface area contributed by atoms with Gasteiger partial charge in [0, 0.05) is 18.2 Å². The first kappa shape index (κ1) is 83.6. The quantitative estimate of drug-likeness (QED) is 0.0272. The summed E-state index contributed by atoms with van der Waals surface area (Å²) in [6.45, 7) is 11.4. The maximum atomic E-state index is 16.1. The number of nitrogens with one attached hydrogen (secondary N) is 1. The molecule has 0 aromatic heterocycles. The molecule has 9 aromatic rings. The summed E-state index contributed by atoms with van der Waals surface area (Å²) < 4.78 is 0. The van der Waals surface area contributed by atoms with Crippen LogP contribution in [-0.4, -0.2) is 156 Å². The third-order valence-corrected chi connectivity index (χ3v) is 21.2. The topological polar surface area (TPSA) is 261 Å². The molecular formula is C90H101N11O11. The summed E-state index contributed by atoms with van der Waals surface area (Å²) in [5.41, 5.74) is 11.9. The van der Waals surface area contributed by atoms with Crippen LogP contribution in [0.4, 0.5) is 5.69 Å². The Bertz CT molecular complexity index is 4600. The molecule has 0 saturated heterocycles. The van der Waals surface area contributed by atoms with Crippen LogP contribution in [0.3, 0.4) is 0 Å². The Morgan fingerprint density at radius 1 is 0.268 bits per heavy atom. The minimum absolute atomic E-state index is 0.0814. The highest BCUT2D eigenvalue weighted by molar-refractivity contribution is 5.95. The second-order valence-corrected chi connectivity index (χ2v) is 28.3. The largest absolute Gasteiger partial charge is 0.368 e. The smallest absolute Gasteiger partial charge is 0.269 e. The van der Waals surface area contributed by atoms with E-state index in [0.29, 0.717) is 38.9 Å². The summed E-state index contributed by atoms with van der Waals surface area (Å²) in [7, 11) is 0. The van der Waals surface area contributed by atoms with Crippen LogP contribution in [0.2, 0.25) is 0 Å². The Morgan fingerprint density at radius 3 is 0.607 bits per heavy atom. The molecule has 0 fully saturated rings. The predicted octanol–water partition coefficient (Wildman–Crippen LogP) is 13.4. The van der Waals surface area contributed by atoms with Crippen molar-refractivity contribution in [3.05, 3.63) is 327 Å². The van der Waals surface area contributed by atoms with E-state index in [2.05, 4.69) is 5.32 Å². The summed E-state index contributed by atoms with van der Waals surface area (Å²) in [6, 6.07) is 72.4. The zero-order valence-corrected chi connectivity index (χ0v) is 65.1. The Labute approximate surface area is 656 Å². The number of nitrogens with two attached hydrogens (primary N) is 1. The molecule has 0 aliphatic carbocycles. The van der Waals surface area contributed by atoms with Gasteiger partial charge in [-0.25, -0.2) is 0 Å². The molecule has 0 aliphatic heterocycles. The van der Waals surface area contributed by atoms with Gasteiger partial charge in [0.1, 0.15) is 45.8 Å². The zero-order valence-electron chi connectivity index (χ0n) is 65.1. The van der Waals surface area contributed by atoms with E-state index >= 15 is 28.8 Å². The SMILES string of the molecule is C[C@H](NCC(=O)N(CC(=O)N(CC(=O)N(CC(=O)N(CC(=O)N(CC(=O)N(CC(=O)N(CC(=O)N(CC(N)=O)[C@@H](C)c1ccccc1)[C@@H](C)c1ccccc1)[C@@H](C)c1ccccc1)[C@@H](C)c1ccccc1)[C@@H](C)c1ccccc1)[C@@H](C)c1ccccc1)[C@@H](C)c1ccccc1)[C@@H](C)c1ccccc1)c1ccc([N+](=O)[O-])cc1. The maximum Gasteiger partial charge on any atom is 0.269 e. The highest BCUT2D eigenvalue weighted by atomic mass is 16.6. The molecule has 112 heavy (non-hydrogen) atoms. The second kappa shape index (κ2) is 40.3. The van der Waals surface area contributed by atoms with Crippen molar-refractivity contribution in [2.24, 2.45) is 5.73 Å². The lowest BCUT2D eigenvalue weighted by Gasteiger charge is -2.39. The number of rotatable bonds is 37. The van der Waals surface area contributed by atoms with E-state index in [0.717, 1.165) is 11.1 Å². The highest BCUT2D eigenvalue weighted by Crippen LogP contribution is 2.32. The Morgan fingerprint density at radius 2 is 0.438 bits per heavy atom. The van der Waals surface area contributed by atoms with Crippen LogP contribution in [0.1, 0.15) is 167 Å². The number of non-ortho nitro benzene ring substituents is 1. The van der Waals surface area contributed by atoms with Gasteiger partial charge >= 0.3 is 0 Å². The standard InChI is InChI=1S/C90H101N11O11/c1-63(72-50-52-81(53-51-72)101(111)112)92-54-83(103)94(65(3)74-36-20-11-21-37-74)56-85(105)96(67(5)76-40-24-13-25-41-76)58-87(107)98(69(7)78-44-28-15-29-45-78)60-89(109)100(71(9)80-48-32-17-33-49-80)62-90(110)99(70(8)79-46-30-16-31-47-79)61-88(108)97(68(6)77-42-26-14-27-43-77)59-86(106)95(66(4)75-38-22-12-23-39-75)57-84(104)93(55-82(91)102)64(2)73-34-18-10-19-35-73/h10-53,63-71,92H,54-62H2,1-9H3,(H2,91,102)/t63-,64-,65-,66-,67-,68-,69-,70-,71-/m0/s1. The van der Waals surface area contributed by atoms with Gasteiger partial charge in [-0.2, -0.15) is 0 Å². The first-order chi connectivity index (χ1) is 53.8. The lowest BCUT2D eigenvalue weighted by atomic mass is 10.0. The van der Waals surface area contributed by atoms with Crippen LogP contribution in [0.15, 0.2) is 267 Å². The predicted molar refractivity (Wildman–Crippen MR) is 431 cm³/mol. The van der Waals surface area contributed by atoms with Crippen molar-refractivity contribution >= 4 is 58.9 Å². The number of hydrogen-bond acceptors (Lipinski definition) is 12. The monoisotopic (exact) mass is 1510 g/mol.